The van der Waals surface area contributed by atoms with Gasteiger partial charge in [-0.15, -0.1) is 12.4 Å². The van der Waals surface area contributed by atoms with E-state index in [9.17, 15) is 13.2 Å². The van der Waals surface area contributed by atoms with Gasteiger partial charge in [0.2, 0.25) is 5.95 Å². The summed E-state index contributed by atoms with van der Waals surface area (Å²) in [6, 6.07) is 1.49. The second kappa shape index (κ2) is 7.30. The largest absolute Gasteiger partial charge is 0.333 e. The molecule has 1 N–H and O–H groups in total. The standard InChI is InChI=1S/C11H14F3N5.ClH/c1-2-18-10(12)8(6-17-18)5-15-7-9-3-4-16-19(9)11(13)14;/h3-4,6,11,15H,2,5,7H2,1H3;1H. The summed E-state index contributed by atoms with van der Waals surface area (Å²) in [6.45, 7) is -0.0360. The summed E-state index contributed by atoms with van der Waals surface area (Å²) in [5.41, 5.74) is 0.753. The summed E-state index contributed by atoms with van der Waals surface area (Å²) in [7, 11) is 0. The van der Waals surface area contributed by atoms with Crippen molar-refractivity contribution in [1.82, 2.24) is 24.9 Å². The van der Waals surface area contributed by atoms with E-state index >= 15 is 0 Å². The lowest BCUT2D eigenvalue weighted by molar-refractivity contribution is 0.0531. The summed E-state index contributed by atoms with van der Waals surface area (Å²) in [5, 5.41) is 10.3. The molecule has 2 heterocycles. The third-order valence-electron chi connectivity index (χ3n) is 2.70. The summed E-state index contributed by atoms with van der Waals surface area (Å²) < 4.78 is 40.5. The van der Waals surface area contributed by atoms with Crippen LogP contribution in [0.2, 0.25) is 0 Å². The van der Waals surface area contributed by atoms with E-state index in [4.69, 9.17) is 0 Å². The predicted molar refractivity (Wildman–Crippen MR) is 69.1 cm³/mol. The van der Waals surface area contributed by atoms with Crippen molar-refractivity contribution in [2.45, 2.75) is 33.1 Å². The molecule has 0 unspecified atom stereocenters. The monoisotopic (exact) mass is 309 g/mol. The van der Waals surface area contributed by atoms with E-state index in [1.54, 1.807) is 6.92 Å². The predicted octanol–water partition coefficient (Wildman–Crippen LogP) is 2.35. The summed E-state index contributed by atoms with van der Waals surface area (Å²) >= 11 is 0. The Hall–Kier alpha value is -1.54. The molecule has 0 radical (unpaired) electrons. The van der Waals surface area contributed by atoms with Crippen LogP contribution in [0.1, 0.15) is 24.7 Å². The zero-order chi connectivity index (χ0) is 13.8. The molecule has 20 heavy (non-hydrogen) atoms. The molecule has 0 aliphatic heterocycles. The number of aromatic nitrogens is 4. The van der Waals surface area contributed by atoms with Gasteiger partial charge in [0.1, 0.15) is 0 Å². The molecule has 0 saturated carbocycles. The SMILES string of the molecule is CCn1ncc(CNCc2ccnn2C(F)F)c1F.Cl. The molecule has 0 fully saturated rings. The number of aryl methyl sites for hydroxylation is 1. The molecule has 0 saturated heterocycles. The normalized spacial score (nSPS) is 10.8. The number of alkyl halides is 2. The second-order valence-electron chi connectivity index (χ2n) is 3.92. The lowest BCUT2D eigenvalue weighted by Gasteiger charge is -2.07. The molecule has 2 aromatic rings. The van der Waals surface area contributed by atoms with Gasteiger partial charge in [0.05, 0.1) is 11.9 Å². The third-order valence-corrected chi connectivity index (χ3v) is 2.70. The van der Waals surface area contributed by atoms with Crippen LogP contribution in [0.25, 0.3) is 0 Å². The van der Waals surface area contributed by atoms with Gasteiger partial charge >= 0.3 is 6.55 Å². The molecular formula is C11H15ClF3N5. The topological polar surface area (TPSA) is 47.7 Å². The van der Waals surface area contributed by atoms with Crippen molar-refractivity contribution in [2.24, 2.45) is 0 Å². The van der Waals surface area contributed by atoms with Gasteiger partial charge in [-0.25, -0.2) is 9.36 Å². The van der Waals surface area contributed by atoms with Crippen molar-refractivity contribution in [3.05, 3.63) is 35.7 Å². The van der Waals surface area contributed by atoms with Gasteiger partial charge in [-0.05, 0) is 13.0 Å². The third kappa shape index (κ3) is 3.51. The molecule has 0 aliphatic carbocycles. The highest BCUT2D eigenvalue weighted by Gasteiger charge is 2.12. The maximum atomic E-state index is 13.6. The summed E-state index contributed by atoms with van der Waals surface area (Å²) in [5.74, 6) is -0.405. The van der Waals surface area contributed by atoms with Crippen molar-refractivity contribution in [3.8, 4) is 0 Å². The molecule has 2 rings (SSSR count). The molecule has 5 nitrogen and oxygen atoms in total. The lowest BCUT2D eigenvalue weighted by atomic mass is 10.3. The number of rotatable bonds is 6. The number of nitrogens with one attached hydrogen (secondary N) is 1. The van der Waals surface area contributed by atoms with E-state index < -0.39 is 12.5 Å². The molecule has 0 spiro atoms. The Morgan fingerprint density at radius 2 is 2.05 bits per heavy atom. The summed E-state index contributed by atoms with van der Waals surface area (Å²) in [4.78, 5) is 0. The average molecular weight is 310 g/mol. The number of hydrogen-bond acceptors (Lipinski definition) is 3. The van der Waals surface area contributed by atoms with Crippen LogP contribution in [0.4, 0.5) is 13.2 Å². The van der Waals surface area contributed by atoms with Crippen LogP contribution in [-0.4, -0.2) is 19.6 Å². The van der Waals surface area contributed by atoms with Gasteiger partial charge in [-0.2, -0.15) is 23.4 Å². The van der Waals surface area contributed by atoms with E-state index in [2.05, 4.69) is 15.5 Å². The first kappa shape index (κ1) is 16.5. The van der Waals surface area contributed by atoms with Crippen LogP contribution < -0.4 is 5.32 Å². The highest BCUT2D eigenvalue weighted by molar-refractivity contribution is 5.85. The Bertz CT molecular complexity index is 540. The smallest absolute Gasteiger partial charge is 0.307 e. The fraction of sp³-hybridized carbons (Fsp3) is 0.455. The molecule has 0 aromatic carbocycles. The van der Waals surface area contributed by atoms with E-state index in [0.717, 1.165) is 0 Å². The minimum absolute atomic E-state index is 0. The van der Waals surface area contributed by atoms with Gasteiger partial charge in [0, 0.05) is 31.4 Å². The number of halogens is 4. The fourth-order valence-corrected chi connectivity index (χ4v) is 1.73. The van der Waals surface area contributed by atoms with Crippen molar-refractivity contribution < 1.29 is 13.2 Å². The first-order valence-corrected chi connectivity index (χ1v) is 5.85. The van der Waals surface area contributed by atoms with E-state index in [1.165, 1.54) is 23.1 Å². The minimum Gasteiger partial charge on any atom is -0.307 e. The minimum atomic E-state index is -2.67. The first-order valence-electron chi connectivity index (χ1n) is 5.85. The number of hydrogen-bond donors (Lipinski definition) is 1. The molecule has 0 bridgehead atoms. The summed E-state index contributed by atoms with van der Waals surface area (Å²) in [6.07, 6.45) is 2.73. The van der Waals surface area contributed by atoms with Crippen LogP contribution in [0.5, 0.6) is 0 Å². The van der Waals surface area contributed by atoms with E-state index in [-0.39, 0.29) is 25.5 Å². The van der Waals surface area contributed by atoms with Crippen molar-refractivity contribution in [2.75, 3.05) is 0 Å². The molecular weight excluding hydrogens is 295 g/mol. The Morgan fingerprint density at radius 3 is 2.65 bits per heavy atom. The van der Waals surface area contributed by atoms with Crippen molar-refractivity contribution >= 4 is 12.4 Å². The molecule has 0 atom stereocenters. The Kier molecular flexibility index (Phi) is 6.03. The van der Waals surface area contributed by atoms with Crippen LogP contribution >= 0.6 is 12.4 Å². The molecule has 9 heteroatoms. The van der Waals surface area contributed by atoms with Gasteiger partial charge in [-0.3, -0.25) is 0 Å². The quantitative estimate of drug-likeness (QED) is 0.891. The molecule has 0 amide bonds. The molecule has 0 aliphatic rings. The van der Waals surface area contributed by atoms with Gasteiger partial charge in [0.15, 0.2) is 0 Å². The number of nitrogens with zero attached hydrogens (tertiary/aromatic N) is 4. The van der Waals surface area contributed by atoms with Crippen molar-refractivity contribution in [1.29, 1.82) is 0 Å². The van der Waals surface area contributed by atoms with Gasteiger partial charge < -0.3 is 5.32 Å². The second-order valence-corrected chi connectivity index (χ2v) is 3.92. The van der Waals surface area contributed by atoms with Crippen LogP contribution in [0.3, 0.4) is 0 Å². The van der Waals surface area contributed by atoms with Crippen LogP contribution in [0, 0.1) is 5.95 Å². The highest BCUT2D eigenvalue weighted by Crippen LogP contribution is 2.12. The van der Waals surface area contributed by atoms with Gasteiger partial charge in [-0.1, -0.05) is 0 Å². The Morgan fingerprint density at radius 1 is 1.30 bits per heavy atom. The average Bonchev–Trinajstić information content (AvgIpc) is 2.97. The van der Waals surface area contributed by atoms with Crippen LogP contribution in [0.15, 0.2) is 18.5 Å². The first-order chi connectivity index (χ1) is 9.13. The van der Waals surface area contributed by atoms with Crippen molar-refractivity contribution in [3.63, 3.8) is 0 Å². The Labute approximate surface area is 120 Å². The van der Waals surface area contributed by atoms with E-state index in [0.29, 0.717) is 22.5 Å². The fourth-order valence-electron chi connectivity index (χ4n) is 1.73. The molecule has 2 aromatic heterocycles. The zero-order valence-electron chi connectivity index (χ0n) is 10.8. The zero-order valence-corrected chi connectivity index (χ0v) is 11.6. The Balaban J connectivity index is 0.00000200. The molecule has 112 valence electrons. The lowest BCUT2D eigenvalue weighted by Crippen LogP contribution is -2.17. The highest BCUT2D eigenvalue weighted by atomic mass is 35.5. The van der Waals surface area contributed by atoms with E-state index in [1.807, 2.05) is 0 Å². The van der Waals surface area contributed by atoms with Crippen LogP contribution in [-0.2, 0) is 19.6 Å². The maximum absolute atomic E-state index is 13.6. The van der Waals surface area contributed by atoms with Gasteiger partial charge in [0.25, 0.3) is 0 Å². The maximum Gasteiger partial charge on any atom is 0.333 e.